The summed E-state index contributed by atoms with van der Waals surface area (Å²) in [6.45, 7) is 0. The molecule has 0 amide bonds. The van der Waals surface area contributed by atoms with Crippen molar-refractivity contribution in [3.8, 4) is 0 Å². The van der Waals surface area contributed by atoms with Crippen LogP contribution in [0.25, 0.3) is 0 Å². The standard InChI is InChI=1S/C11H13N3O2S/c15-17(16)14-10-7-4-8-12-11(10)13-9-5-2-1-3-6-9/h1-8,11-14H,(H,15,16)/p-1. The minimum absolute atomic E-state index is 0.291. The summed E-state index contributed by atoms with van der Waals surface area (Å²) in [6.07, 6.45) is 4.89. The van der Waals surface area contributed by atoms with Crippen molar-refractivity contribution in [1.29, 1.82) is 0 Å². The number of anilines is 1. The Labute approximate surface area is 102 Å². The molecule has 0 spiro atoms. The quantitative estimate of drug-likeness (QED) is 0.691. The molecule has 90 valence electrons. The number of para-hydroxylation sites is 1. The smallest absolute Gasteiger partial charge is 0.138 e. The first-order valence-electron chi connectivity index (χ1n) is 5.06. The fourth-order valence-electron chi connectivity index (χ4n) is 1.50. The average Bonchev–Trinajstić information content (AvgIpc) is 2.32. The topological polar surface area (TPSA) is 76.2 Å². The maximum Gasteiger partial charge on any atom is 0.138 e. The second-order valence-electron chi connectivity index (χ2n) is 3.43. The normalized spacial score (nSPS) is 20.1. The van der Waals surface area contributed by atoms with Crippen LogP contribution in [0.5, 0.6) is 0 Å². The van der Waals surface area contributed by atoms with Gasteiger partial charge in [-0.25, -0.2) is 0 Å². The molecule has 2 atom stereocenters. The van der Waals surface area contributed by atoms with E-state index in [1.807, 2.05) is 30.3 Å². The molecule has 1 aromatic carbocycles. The Balaban J connectivity index is 2.07. The van der Waals surface area contributed by atoms with Gasteiger partial charge in [0.25, 0.3) is 0 Å². The molecule has 3 N–H and O–H groups in total. The van der Waals surface area contributed by atoms with E-state index in [9.17, 15) is 8.76 Å². The summed E-state index contributed by atoms with van der Waals surface area (Å²) in [7, 11) is 0. The third kappa shape index (κ3) is 3.33. The first-order chi connectivity index (χ1) is 8.25. The number of dihydropyridines is 1. The molecule has 2 rings (SSSR count). The van der Waals surface area contributed by atoms with Crippen molar-refractivity contribution < 1.29 is 8.76 Å². The molecule has 1 aromatic rings. The SMILES string of the molecule is O=S([O-])NC1=CC=CNC1Nc1ccccc1. The van der Waals surface area contributed by atoms with Crippen LogP contribution in [0.1, 0.15) is 0 Å². The average molecular weight is 250 g/mol. The predicted molar refractivity (Wildman–Crippen MR) is 66.3 cm³/mol. The highest BCUT2D eigenvalue weighted by atomic mass is 32.2. The lowest BCUT2D eigenvalue weighted by Crippen LogP contribution is -2.41. The van der Waals surface area contributed by atoms with E-state index in [0.29, 0.717) is 5.70 Å². The molecule has 1 aliphatic heterocycles. The van der Waals surface area contributed by atoms with Gasteiger partial charge in [0.15, 0.2) is 0 Å². The highest BCUT2D eigenvalue weighted by Gasteiger charge is 2.14. The Morgan fingerprint density at radius 2 is 2.06 bits per heavy atom. The van der Waals surface area contributed by atoms with Gasteiger partial charge in [-0.05, 0) is 30.5 Å². The van der Waals surface area contributed by atoms with Crippen molar-refractivity contribution in [2.45, 2.75) is 6.17 Å². The van der Waals surface area contributed by atoms with Gasteiger partial charge in [0.1, 0.15) is 6.17 Å². The van der Waals surface area contributed by atoms with Gasteiger partial charge in [0.05, 0.1) is 5.70 Å². The zero-order valence-corrected chi connectivity index (χ0v) is 9.74. The van der Waals surface area contributed by atoms with E-state index in [-0.39, 0.29) is 6.17 Å². The molecular weight excluding hydrogens is 238 g/mol. The van der Waals surface area contributed by atoms with Crippen LogP contribution >= 0.6 is 0 Å². The van der Waals surface area contributed by atoms with Crippen LogP contribution in [-0.2, 0) is 11.3 Å². The van der Waals surface area contributed by atoms with Crippen molar-refractivity contribution in [2.75, 3.05) is 5.32 Å². The molecule has 1 aliphatic rings. The molecule has 17 heavy (non-hydrogen) atoms. The zero-order valence-electron chi connectivity index (χ0n) is 8.92. The summed E-state index contributed by atoms with van der Waals surface area (Å²) in [4.78, 5) is 0. The molecule has 2 unspecified atom stereocenters. The fraction of sp³-hybridized carbons (Fsp3) is 0.0909. The molecule has 0 radical (unpaired) electrons. The van der Waals surface area contributed by atoms with E-state index in [2.05, 4.69) is 15.4 Å². The van der Waals surface area contributed by atoms with Gasteiger partial charge < -0.3 is 19.9 Å². The van der Waals surface area contributed by atoms with Crippen LogP contribution in [-0.4, -0.2) is 14.9 Å². The maximum absolute atomic E-state index is 10.6. The molecular formula is C11H12N3O2S-. The summed E-state index contributed by atoms with van der Waals surface area (Å²) in [5.74, 6) is 0. The molecule has 1 heterocycles. The van der Waals surface area contributed by atoms with Gasteiger partial charge in [-0.2, -0.15) is 0 Å². The van der Waals surface area contributed by atoms with Gasteiger partial charge in [-0.3, -0.25) is 4.21 Å². The van der Waals surface area contributed by atoms with E-state index in [1.54, 1.807) is 18.4 Å². The monoisotopic (exact) mass is 250 g/mol. The second kappa shape index (κ2) is 5.51. The highest BCUT2D eigenvalue weighted by Crippen LogP contribution is 2.11. The number of hydrogen-bond donors (Lipinski definition) is 3. The lowest BCUT2D eigenvalue weighted by Gasteiger charge is -2.26. The molecule has 0 fully saturated rings. The van der Waals surface area contributed by atoms with Gasteiger partial charge >= 0.3 is 0 Å². The molecule has 6 heteroatoms. The summed E-state index contributed by atoms with van der Waals surface area (Å²) in [6, 6.07) is 9.55. The van der Waals surface area contributed by atoms with Crippen molar-refractivity contribution >= 4 is 17.0 Å². The Bertz CT molecular complexity index is 459. The minimum atomic E-state index is -2.32. The Morgan fingerprint density at radius 3 is 2.76 bits per heavy atom. The molecule has 0 saturated heterocycles. The Morgan fingerprint density at radius 1 is 1.29 bits per heavy atom. The number of nitrogens with one attached hydrogen (secondary N) is 3. The first-order valence-corrected chi connectivity index (χ1v) is 6.13. The van der Waals surface area contributed by atoms with Crippen LogP contribution in [0, 0.1) is 0 Å². The highest BCUT2D eigenvalue weighted by molar-refractivity contribution is 7.77. The third-order valence-corrected chi connectivity index (χ3v) is 2.63. The van der Waals surface area contributed by atoms with Crippen LogP contribution in [0.15, 0.2) is 54.4 Å². The molecule has 0 saturated carbocycles. The van der Waals surface area contributed by atoms with Crippen molar-refractivity contribution in [3.05, 3.63) is 54.4 Å². The maximum atomic E-state index is 10.6. The summed E-state index contributed by atoms with van der Waals surface area (Å²) < 4.78 is 23.6. The largest absolute Gasteiger partial charge is 0.755 e. The predicted octanol–water partition coefficient (Wildman–Crippen LogP) is 0.809. The van der Waals surface area contributed by atoms with Gasteiger partial charge in [0, 0.05) is 17.0 Å². The lowest BCUT2D eigenvalue weighted by atomic mass is 10.2. The second-order valence-corrected chi connectivity index (χ2v) is 4.10. The van der Waals surface area contributed by atoms with E-state index < -0.39 is 11.3 Å². The molecule has 0 bridgehead atoms. The minimum Gasteiger partial charge on any atom is -0.755 e. The molecule has 5 nitrogen and oxygen atoms in total. The number of rotatable bonds is 4. The van der Waals surface area contributed by atoms with Crippen molar-refractivity contribution in [3.63, 3.8) is 0 Å². The van der Waals surface area contributed by atoms with E-state index in [1.165, 1.54) is 0 Å². The van der Waals surface area contributed by atoms with Gasteiger partial charge in [0.2, 0.25) is 0 Å². The Kier molecular flexibility index (Phi) is 3.79. The molecule has 0 aliphatic carbocycles. The van der Waals surface area contributed by atoms with Crippen molar-refractivity contribution in [1.82, 2.24) is 10.0 Å². The lowest BCUT2D eigenvalue weighted by molar-refractivity contribution is 0.525. The van der Waals surface area contributed by atoms with Crippen LogP contribution in [0.4, 0.5) is 5.69 Å². The molecule has 0 aromatic heterocycles. The van der Waals surface area contributed by atoms with E-state index in [4.69, 9.17) is 0 Å². The van der Waals surface area contributed by atoms with Gasteiger partial charge in [-0.1, -0.05) is 18.2 Å². The van der Waals surface area contributed by atoms with Gasteiger partial charge in [-0.15, -0.1) is 0 Å². The third-order valence-electron chi connectivity index (χ3n) is 2.23. The number of hydrogen-bond acceptors (Lipinski definition) is 4. The van der Waals surface area contributed by atoms with Crippen LogP contribution < -0.4 is 15.4 Å². The van der Waals surface area contributed by atoms with Crippen molar-refractivity contribution in [2.24, 2.45) is 0 Å². The van der Waals surface area contributed by atoms with Crippen LogP contribution in [0.2, 0.25) is 0 Å². The summed E-state index contributed by atoms with van der Waals surface area (Å²) >= 11 is -2.32. The van der Waals surface area contributed by atoms with Crippen LogP contribution in [0.3, 0.4) is 0 Å². The fourth-order valence-corrected chi connectivity index (χ4v) is 1.88. The number of allylic oxidation sites excluding steroid dienone is 2. The van der Waals surface area contributed by atoms with E-state index in [0.717, 1.165) is 5.69 Å². The Hall–Kier alpha value is -1.79. The van der Waals surface area contributed by atoms with E-state index >= 15 is 0 Å². The summed E-state index contributed by atoms with van der Waals surface area (Å²) in [5.41, 5.74) is 1.45. The first kappa shape index (κ1) is 11.7. The zero-order chi connectivity index (χ0) is 12.1. The summed E-state index contributed by atoms with van der Waals surface area (Å²) in [5, 5.41) is 6.20. The number of benzene rings is 1.